The average Bonchev–Trinajstić information content (AvgIpc) is 1.14. The standard InChI is InChI=1S/5Na.HO7Si2.H2O/c;;;;;1-8(2,3)7-9(4,5)6;/h;;;;;1H;1H2/q5*+1;-5;. The third-order valence-corrected chi connectivity index (χ3v) is 2.29. The molecule has 0 heterocycles. The van der Waals surface area contributed by atoms with Gasteiger partial charge < -0.3 is 38.4 Å². The minimum atomic E-state index is -5.86. The maximum atomic E-state index is 9.47. The summed E-state index contributed by atoms with van der Waals surface area (Å²) in [6.07, 6.45) is 0. The van der Waals surface area contributed by atoms with E-state index < -0.39 is 18.1 Å². The van der Waals surface area contributed by atoms with Crippen LogP contribution in [0.5, 0.6) is 0 Å². The van der Waals surface area contributed by atoms with Gasteiger partial charge in [0.25, 0.3) is 0 Å². The van der Waals surface area contributed by atoms with Crippen LogP contribution in [0.25, 0.3) is 0 Å². The van der Waals surface area contributed by atoms with Gasteiger partial charge in [-0.25, -0.2) is 0 Å². The Morgan fingerprint density at radius 2 is 0.933 bits per heavy atom. The molecule has 0 atom stereocenters. The first-order chi connectivity index (χ1) is 3.71. The Labute approximate surface area is 200 Å². The summed E-state index contributed by atoms with van der Waals surface area (Å²) >= 11 is 0. The van der Waals surface area contributed by atoms with Crippen LogP contribution in [0.4, 0.5) is 0 Å². The van der Waals surface area contributed by atoms with Gasteiger partial charge in [-0.2, -0.15) is 0 Å². The van der Waals surface area contributed by atoms with Crippen molar-refractivity contribution in [1.29, 1.82) is 0 Å². The van der Waals surface area contributed by atoms with Gasteiger partial charge in [0, 0.05) is 0 Å². The average molecular weight is 302 g/mol. The first kappa shape index (κ1) is 42.7. The van der Waals surface area contributed by atoms with Crippen LogP contribution in [0.1, 0.15) is 0 Å². The van der Waals surface area contributed by atoms with Gasteiger partial charge in [-0.15, -0.1) is 9.05 Å². The molecule has 0 spiro atoms. The molecule has 3 N–H and O–H groups in total. The molecule has 0 aliphatic heterocycles. The van der Waals surface area contributed by atoms with Gasteiger partial charge in [0.15, 0.2) is 0 Å². The van der Waals surface area contributed by atoms with Crippen LogP contribution in [0.2, 0.25) is 0 Å². The van der Waals surface area contributed by atoms with Crippen molar-refractivity contribution in [3.63, 3.8) is 0 Å². The Kier molecular flexibility index (Phi) is 54.4. The summed E-state index contributed by atoms with van der Waals surface area (Å²) in [5, 5.41) is 0. The Bertz CT molecular complexity index is 86.2. The summed E-state index contributed by atoms with van der Waals surface area (Å²) < 4.78 is 2.68. The third kappa shape index (κ3) is 45.3. The number of hydrogen-bond acceptors (Lipinski definition) is 7. The molecule has 0 rings (SSSR count). The molecule has 0 aliphatic carbocycles. The maximum Gasteiger partial charge on any atom is 1.00 e. The summed E-state index contributed by atoms with van der Waals surface area (Å²) in [7, 11) is -11.5. The zero-order valence-electron chi connectivity index (χ0n) is 9.40. The molecule has 0 saturated carbocycles. The van der Waals surface area contributed by atoms with Crippen LogP contribution in [0.15, 0.2) is 0 Å². The molecule has 15 heteroatoms. The summed E-state index contributed by atoms with van der Waals surface area (Å²) in [6, 6.07) is 0. The Morgan fingerprint density at radius 1 is 0.733 bits per heavy atom. The SMILES string of the molecule is O.[Na+].[Na+].[Na+].[Na+].[Na+].[O-][Si]([O-])([O-])O[Si]([O-])([O-])O. The molecule has 0 aromatic heterocycles. The molecule has 0 amide bonds. The Balaban J connectivity index is -0.0000000213. The van der Waals surface area contributed by atoms with E-state index in [9.17, 15) is 24.0 Å². The monoisotopic (exact) mass is 302 g/mol. The van der Waals surface area contributed by atoms with Crippen molar-refractivity contribution in [3.8, 4) is 0 Å². The van der Waals surface area contributed by atoms with Gasteiger partial charge in [-0.3, -0.25) is 0 Å². The normalized spacial score (nSPS) is 8.40. The second-order valence-corrected chi connectivity index (χ2v) is 3.99. The summed E-state index contributed by atoms with van der Waals surface area (Å²) in [5.74, 6) is 0. The van der Waals surface area contributed by atoms with E-state index in [4.69, 9.17) is 4.80 Å². The van der Waals surface area contributed by atoms with Crippen LogP contribution in [0.3, 0.4) is 0 Å². The molecule has 0 aliphatic rings. The van der Waals surface area contributed by atoms with Crippen molar-refractivity contribution in [2.45, 2.75) is 0 Å². The van der Waals surface area contributed by atoms with E-state index in [0.717, 1.165) is 0 Å². The van der Waals surface area contributed by atoms with Crippen molar-refractivity contribution in [2.75, 3.05) is 0 Å². The second kappa shape index (κ2) is 19.1. The Hall–Kier alpha value is 5.11. The Morgan fingerprint density at radius 3 is 0.933 bits per heavy atom. The van der Waals surface area contributed by atoms with E-state index in [-0.39, 0.29) is 153 Å². The molecule has 0 fully saturated rings. The van der Waals surface area contributed by atoms with E-state index in [1.54, 1.807) is 0 Å². The van der Waals surface area contributed by atoms with Crippen molar-refractivity contribution >= 4 is 18.1 Å². The molecular formula is H3Na5O8Si2. The fraction of sp³-hybridized carbons (Fsp3) is 0. The maximum absolute atomic E-state index is 9.47. The summed E-state index contributed by atoms with van der Waals surface area (Å²) in [6.45, 7) is 0. The fourth-order valence-electron chi connectivity index (χ4n) is 0.158. The molecule has 0 unspecified atom stereocenters. The van der Waals surface area contributed by atoms with E-state index in [1.807, 2.05) is 0 Å². The zero-order valence-corrected chi connectivity index (χ0v) is 21.4. The molecular weight excluding hydrogens is 299 g/mol. The molecule has 0 radical (unpaired) electrons. The van der Waals surface area contributed by atoms with Gasteiger partial charge >= 0.3 is 148 Å². The molecule has 64 valence electrons. The molecule has 0 aromatic rings. The first-order valence-corrected chi connectivity index (χ1v) is 4.96. The molecule has 15 heavy (non-hydrogen) atoms. The molecule has 0 saturated heterocycles. The quantitative estimate of drug-likeness (QED) is 0.492. The van der Waals surface area contributed by atoms with Crippen LogP contribution in [0, 0.1) is 0 Å². The van der Waals surface area contributed by atoms with Gasteiger partial charge in [0.05, 0.1) is 0 Å². The van der Waals surface area contributed by atoms with Crippen molar-refractivity contribution in [1.82, 2.24) is 0 Å². The van der Waals surface area contributed by atoms with Gasteiger partial charge in [0.1, 0.15) is 9.05 Å². The van der Waals surface area contributed by atoms with E-state index in [1.165, 1.54) is 0 Å². The topological polar surface area (TPSA) is 176 Å². The van der Waals surface area contributed by atoms with Crippen molar-refractivity contribution in [2.24, 2.45) is 0 Å². The largest absolute Gasteiger partial charge is 1.00 e. The minimum Gasteiger partial charge on any atom is -0.862 e. The predicted octanol–water partition coefficient (Wildman–Crippen LogP) is -23.1. The zero-order chi connectivity index (χ0) is 7.71. The summed E-state index contributed by atoms with van der Waals surface area (Å²) in [5.41, 5.74) is 0. The van der Waals surface area contributed by atoms with Gasteiger partial charge in [0.2, 0.25) is 0 Å². The number of rotatable bonds is 2. The van der Waals surface area contributed by atoms with E-state index in [0.29, 0.717) is 0 Å². The fourth-order valence-corrected chi connectivity index (χ4v) is 1.42. The van der Waals surface area contributed by atoms with Crippen LogP contribution < -0.4 is 172 Å². The third-order valence-electron chi connectivity index (χ3n) is 0.254. The van der Waals surface area contributed by atoms with Crippen LogP contribution in [-0.4, -0.2) is 28.4 Å². The van der Waals surface area contributed by atoms with Crippen molar-refractivity contribution in [3.05, 3.63) is 0 Å². The second-order valence-electron chi connectivity index (χ2n) is 1.13. The van der Waals surface area contributed by atoms with E-state index >= 15 is 0 Å². The predicted molar refractivity (Wildman–Crippen MR) is 18.4 cm³/mol. The summed E-state index contributed by atoms with van der Waals surface area (Å²) in [4.78, 5) is 54.7. The van der Waals surface area contributed by atoms with Gasteiger partial charge in [-0.1, -0.05) is 0 Å². The molecule has 0 bridgehead atoms. The van der Waals surface area contributed by atoms with Crippen LogP contribution >= 0.6 is 0 Å². The molecule has 0 aromatic carbocycles. The van der Waals surface area contributed by atoms with Crippen LogP contribution in [-0.2, 0) is 4.12 Å². The minimum absolute atomic E-state index is 0. The van der Waals surface area contributed by atoms with Crippen molar-refractivity contribution < 1.29 is 186 Å². The van der Waals surface area contributed by atoms with Gasteiger partial charge in [-0.05, 0) is 0 Å². The smallest absolute Gasteiger partial charge is 0.862 e. The van der Waals surface area contributed by atoms with E-state index in [2.05, 4.69) is 4.12 Å². The first-order valence-electron chi connectivity index (χ1n) is 1.65. The number of hydrogen-bond donors (Lipinski definition) is 1. The molecule has 8 nitrogen and oxygen atoms in total.